The van der Waals surface area contributed by atoms with Crippen molar-refractivity contribution in [3.8, 4) is 16.2 Å². The Balaban J connectivity index is 1.39. The van der Waals surface area contributed by atoms with Gasteiger partial charge in [0.05, 0.1) is 30.7 Å². The monoisotopic (exact) mass is 595 g/mol. The third-order valence-corrected chi connectivity index (χ3v) is 10.5. The first-order chi connectivity index (χ1) is 19.9. The molecule has 2 aromatic rings. The number of phenolic OH excluding ortho intramolecular Hbond substituents is 1. The normalized spacial score (nSPS) is 31.6. The van der Waals surface area contributed by atoms with Crippen molar-refractivity contribution in [2.45, 2.75) is 31.0 Å². The lowest BCUT2D eigenvalue weighted by Crippen LogP contribution is -2.74. The van der Waals surface area contributed by atoms with Crippen LogP contribution in [0, 0.1) is 23.7 Å². The molecule has 42 heavy (non-hydrogen) atoms. The Bertz CT molecular complexity index is 1510. The molecule has 6 atom stereocenters. The van der Waals surface area contributed by atoms with Gasteiger partial charge in [-0.05, 0) is 68.2 Å². The van der Waals surface area contributed by atoms with Gasteiger partial charge in [-0.15, -0.1) is 11.3 Å². The van der Waals surface area contributed by atoms with E-state index in [1.54, 1.807) is 31.5 Å². The number of likely N-dealkylation sites (N-methyl/N-ethyl adjacent to an activating group) is 1. The van der Waals surface area contributed by atoms with Crippen LogP contribution in [0.3, 0.4) is 0 Å². The predicted molar refractivity (Wildman–Crippen MR) is 151 cm³/mol. The fourth-order valence-corrected chi connectivity index (χ4v) is 8.53. The Hall–Kier alpha value is -3.29. The van der Waals surface area contributed by atoms with E-state index in [9.17, 15) is 34.2 Å². The molecular weight excluding hydrogens is 562 g/mol. The number of hydrogen-bond acceptors (Lipinski definition) is 11. The first-order valence-corrected chi connectivity index (χ1v) is 14.9. The summed E-state index contributed by atoms with van der Waals surface area (Å²) in [7, 11) is 3.13. The quantitative estimate of drug-likeness (QED) is 0.412. The number of carbonyl (C=O) groups is 5. The van der Waals surface area contributed by atoms with Crippen molar-refractivity contribution < 1.29 is 38.9 Å². The Morgan fingerprint density at radius 2 is 1.83 bits per heavy atom. The largest absolute Gasteiger partial charge is 0.507 e. The second kappa shape index (κ2) is 10.5. The highest BCUT2D eigenvalue weighted by Crippen LogP contribution is 2.52. The molecule has 2 saturated carbocycles. The molecule has 1 saturated heterocycles. The van der Waals surface area contributed by atoms with Gasteiger partial charge in [0.15, 0.2) is 34.7 Å². The van der Waals surface area contributed by atoms with Crippen molar-refractivity contribution in [3.63, 3.8) is 0 Å². The number of morpholine rings is 1. The van der Waals surface area contributed by atoms with Crippen LogP contribution in [0.15, 0.2) is 24.3 Å². The summed E-state index contributed by atoms with van der Waals surface area (Å²) in [5.41, 5.74) is 4.02. The summed E-state index contributed by atoms with van der Waals surface area (Å²) in [6.07, 6.45) is 0.248. The van der Waals surface area contributed by atoms with Gasteiger partial charge in [0, 0.05) is 35.3 Å². The summed E-state index contributed by atoms with van der Waals surface area (Å²) in [6, 6.07) is 6.09. The summed E-state index contributed by atoms with van der Waals surface area (Å²) < 4.78 is 5.44. The maximum absolute atomic E-state index is 14.0. The van der Waals surface area contributed by atoms with Gasteiger partial charge in [0.25, 0.3) is 0 Å². The molecule has 2 heterocycles. The van der Waals surface area contributed by atoms with E-state index in [4.69, 9.17) is 10.5 Å². The van der Waals surface area contributed by atoms with Crippen LogP contribution in [0.2, 0.25) is 0 Å². The SMILES string of the molecule is CN(C)C1C(=O)C(C(N)=O)C(=O)C2(O)C(=O)C3C(=O)c4c(O)ccc(-c5ccc(CN6CCOCC6)s5)c4CC3CC12. The molecule has 3 aliphatic carbocycles. The molecule has 3 fully saturated rings. The third-order valence-electron chi connectivity index (χ3n) is 9.36. The third kappa shape index (κ3) is 4.27. The van der Waals surface area contributed by atoms with Gasteiger partial charge in [-0.3, -0.25) is 33.8 Å². The van der Waals surface area contributed by atoms with E-state index < -0.39 is 64.4 Å². The molecule has 0 bridgehead atoms. The molecular formula is C30H33N3O8S. The van der Waals surface area contributed by atoms with E-state index in [0.29, 0.717) is 18.8 Å². The number of ether oxygens (including phenoxy) is 1. The van der Waals surface area contributed by atoms with Crippen molar-refractivity contribution >= 4 is 40.4 Å². The van der Waals surface area contributed by atoms with Gasteiger partial charge < -0.3 is 20.7 Å². The lowest BCUT2D eigenvalue weighted by molar-refractivity contribution is -0.181. The summed E-state index contributed by atoms with van der Waals surface area (Å²) in [6.45, 7) is 3.85. The minimum Gasteiger partial charge on any atom is -0.507 e. The number of Topliss-reactive ketones (excluding diaryl/α,β-unsaturated/α-hetero) is 4. The van der Waals surface area contributed by atoms with Gasteiger partial charge in [0.2, 0.25) is 5.91 Å². The number of hydrogen-bond donors (Lipinski definition) is 3. The van der Waals surface area contributed by atoms with Gasteiger partial charge in [-0.2, -0.15) is 0 Å². The van der Waals surface area contributed by atoms with Crippen LogP contribution in [-0.4, -0.2) is 101 Å². The molecule has 6 unspecified atom stereocenters. The van der Waals surface area contributed by atoms with Gasteiger partial charge in [-0.25, -0.2) is 0 Å². The number of fused-ring (bicyclic) bond motifs is 3. The molecule has 0 spiro atoms. The second-order valence-electron chi connectivity index (χ2n) is 11.9. The van der Waals surface area contributed by atoms with Crippen molar-refractivity contribution in [2.24, 2.45) is 29.4 Å². The summed E-state index contributed by atoms with van der Waals surface area (Å²) in [4.78, 5) is 72.6. The maximum Gasteiger partial charge on any atom is 0.235 e. The number of ketones is 4. The minimum atomic E-state index is -2.73. The van der Waals surface area contributed by atoms with E-state index in [0.717, 1.165) is 35.0 Å². The summed E-state index contributed by atoms with van der Waals surface area (Å²) >= 11 is 1.59. The highest BCUT2D eigenvalue weighted by Gasteiger charge is 2.69. The number of thiophene rings is 1. The molecule has 1 amide bonds. The van der Waals surface area contributed by atoms with Crippen LogP contribution < -0.4 is 5.73 Å². The highest BCUT2D eigenvalue weighted by atomic mass is 32.1. The van der Waals surface area contributed by atoms with Crippen LogP contribution in [-0.2, 0) is 36.9 Å². The number of nitrogens with two attached hydrogens (primary N) is 1. The average Bonchev–Trinajstić information content (AvgIpc) is 3.39. The topological polar surface area (TPSA) is 168 Å². The second-order valence-corrected chi connectivity index (χ2v) is 13.1. The Labute approximate surface area is 246 Å². The van der Waals surface area contributed by atoms with Crippen molar-refractivity contribution in [2.75, 3.05) is 40.4 Å². The number of nitrogens with zero attached hydrogens (tertiary/aromatic N) is 2. The maximum atomic E-state index is 14.0. The van der Waals surface area contributed by atoms with E-state index in [1.165, 1.54) is 11.0 Å². The van der Waals surface area contributed by atoms with E-state index >= 15 is 0 Å². The molecule has 4 N–H and O–H groups in total. The summed E-state index contributed by atoms with van der Waals surface area (Å²) in [5, 5.41) is 22.5. The molecule has 0 radical (unpaired) electrons. The van der Waals surface area contributed by atoms with Crippen LogP contribution in [0.1, 0.15) is 27.2 Å². The number of amides is 1. The molecule has 1 aromatic heterocycles. The molecule has 1 aliphatic heterocycles. The van der Waals surface area contributed by atoms with E-state index in [2.05, 4.69) is 4.90 Å². The fourth-order valence-electron chi connectivity index (χ4n) is 7.42. The Morgan fingerprint density at radius 3 is 2.50 bits per heavy atom. The van der Waals surface area contributed by atoms with Gasteiger partial charge in [0.1, 0.15) is 5.75 Å². The first-order valence-electron chi connectivity index (χ1n) is 14.0. The van der Waals surface area contributed by atoms with Crippen LogP contribution in [0.4, 0.5) is 0 Å². The van der Waals surface area contributed by atoms with Crippen molar-refractivity contribution in [3.05, 3.63) is 40.3 Å². The van der Waals surface area contributed by atoms with Gasteiger partial charge in [-0.1, -0.05) is 0 Å². The molecule has 12 heteroatoms. The van der Waals surface area contributed by atoms with E-state index in [1.807, 2.05) is 12.1 Å². The summed E-state index contributed by atoms with van der Waals surface area (Å²) in [5.74, 6) is -10.4. The van der Waals surface area contributed by atoms with E-state index in [-0.39, 0.29) is 24.2 Å². The smallest absolute Gasteiger partial charge is 0.235 e. The van der Waals surface area contributed by atoms with Gasteiger partial charge >= 0.3 is 0 Å². The fraction of sp³-hybridized carbons (Fsp3) is 0.500. The zero-order valence-corrected chi connectivity index (χ0v) is 24.2. The lowest BCUT2D eigenvalue weighted by Gasteiger charge is -2.52. The zero-order chi connectivity index (χ0) is 30.1. The van der Waals surface area contributed by atoms with Crippen LogP contribution >= 0.6 is 11.3 Å². The number of carbonyl (C=O) groups excluding carboxylic acids is 5. The Kier molecular flexibility index (Phi) is 7.17. The molecule has 11 nitrogen and oxygen atoms in total. The molecule has 6 rings (SSSR count). The minimum absolute atomic E-state index is 0.00206. The first kappa shape index (κ1) is 28.8. The predicted octanol–water partition coefficient (Wildman–Crippen LogP) is 0.428. The highest BCUT2D eigenvalue weighted by molar-refractivity contribution is 7.15. The van der Waals surface area contributed by atoms with Crippen LogP contribution in [0.25, 0.3) is 10.4 Å². The number of phenols is 1. The lowest BCUT2D eigenvalue weighted by atomic mass is 9.52. The van der Waals surface area contributed by atoms with Crippen molar-refractivity contribution in [1.29, 1.82) is 0 Å². The number of aromatic hydroxyl groups is 1. The molecule has 1 aromatic carbocycles. The molecule has 222 valence electrons. The number of aliphatic hydroxyl groups is 1. The number of benzene rings is 1. The number of rotatable bonds is 5. The standard InChI is InChI=1S/C30H33N3O8S/c1-32(2)24-18-12-14-11-17-16(20-6-3-15(42-20)13-33-7-9-41-10-8-33)4-5-19(34)22(17)25(35)21(14)27(37)30(18,40)28(38)23(26(24)36)29(31)39/h3-6,14,18,21,23-24,34,40H,7-13H2,1-2H3,(H2,31,39). The average molecular weight is 596 g/mol. The zero-order valence-electron chi connectivity index (χ0n) is 23.4. The number of primary amides is 1. The van der Waals surface area contributed by atoms with Crippen molar-refractivity contribution in [1.82, 2.24) is 9.80 Å². The molecule has 4 aliphatic rings. The Morgan fingerprint density at radius 1 is 1.12 bits per heavy atom. The van der Waals surface area contributed by atoms with Crippen LogP contribution in [0.5, 0.6) is 5.75 Å².